The molecule has 0 aliphatic carbocycles. The molecule has 1 aromatic heterocycles. The van der Waals surface area contributed by atoms with Gasteiger partial charge in [0.25, 0.3) is 5.91 Å². The molecule has 5 rings (SSSR count). The van der Waals surface area contributed by atoms with Crippen LogP contribution in [0.4, 0.5) is 15.9 Å². The summed E-state index contributed by atoms with van der Waals surface area (Å²) in [7, 11) is 1.44. The zero-order valence-electron chi connectivity index (χ0n) is 24.3. The maximum atomic E-state index is 14.8. The number of phenols is 1. The predicted octanol–water partition coefficient (Wildman–Crippen LogP) is 5.61. The van der Waals surface area contributed by atoms with Crippen molar-refractivity contribution in [2.75, 3.05) is 30.4 Å². The van der Waals surface area contributed by atoms with Crippen LogP contribution >= 0.6 is 0 Å². The lowest BCUT2D eigenvalue weighted by atomic mass is 9.91. The van der Waals surface area contributed by atoms with Gasteiger partial charge >= 0.3 is 0 Å². The van der Waals surface area contributed by atoms with Gasteiger partial charge in [0.05, 0.1) is 12.7 Å². The minimum Gasteiger partial charge on any atom is -0.504 e. The number of benzene rings is 3. The van der Waals surface area contributed by atoms with Crippen molar-refractivity contribution in [3.8, 4) is 45.9 Å². The van der Waals surface area contributed by atoms with E-state index in [1.54, 1.807) is 36.0 Å². The molecule has 1 aliphatic rings. The first-order valence-electron chi connectivity index (χ1n) is 14.1. The topological polar surface area (TPSA) is 155 Å². The number of carbonyl (C=O) groups excluding carboxylic acids is 1. The molecule has 4 aromatic rings. The number of nitrogens with zero attached hydrogens (tertiary/aromatic N) is 4. The molecule has 1 aliphatic heterocycles. The van der Waals surface area contributed by atoms with Gasteiger partial charge in [-0.2, -0.15) is 10.5 Å². The maximum Gasteiger partial charge on any atom is 0.267 e. The Kier molecular flexibility index (Phi) is 9.23. The minimum absolute atomic E-state index is 0.0960. The number of rotatable bonds is 8. The molecule has 10 nitrogen and oxygen atoms in total. The Morgan fingerprint density at radius 1 is 1.09 bits per heavy atom. The van der Waals surface area contributed by atoms with E-state index in [-0.39, 0.29) is 28.7 Å². The quantitative estimate of drug-likeness (QED) is 0.114. The summed E-state index contributed by atoms with van der Waals surface area (Å²) < 4.78 is 20.0. The molecule has 11 heteroatoms. The standard InChI is InChI=1S/C34H29FN6O4/c1-45-31-9-8-22(17-30(31)42)28-20-38-34(27(19-37)33(28)23-6-7-24(18-36)29(35)16-23)41-13-11-25(12-14-41)39-26-4-2-3-21(15-26)5-10-32(43)40-44/h2-10,15-17,20,25,39,42,44H,11-14H2,1H3,(H,40,43)/b10-5+. The van der Waals surface area contributed by atoms with Gasteiger partial charge in [0.1, 0.15) is 29.3 Å². The van der Waals surface area contributed by atoms with Gasteiger partial charge in [-0.3, -0.25) is 10.0 Å². The van der Waals surface area contributed by atoms with Crippen molar-refractivity contribution in [2.45, 2.75) is 18.9 Å². The van der Waals surface area contributed by atoms with Crippen molar-refractivity contribution in [1.82, 2.24) is 10.5 Å². The Balaban J connectivity index is 1.44. The summed E-state index contributed by atoms with van der Waals surface area (Å²) in [6.07, 6.45) is 5.94. The van der Waals surface area contributed by atoms with Crippen molar-refractivity contribution in [1.29, 1.82) is 10.5 Å². The van der Waals surface area contributed by atoms with Crippen molar-refractivity contribution >= 4 is 23.5 Å². The van der Waals surface area contributed by atoms with Crippen molar-refractivity contribution in [3.63, 3.8) is 0 Å². The zero-order chi connectivity index (χ0) is 31.9. The number of nitrogens with one attached hydrogen (secondary N) is 2. The second-order valence-corrected chi connectivity index (χ2v) is 10.4. The Morgan fingerprint density at radius 3 is 2.53 bits per heavy atom. The van der Waals surface area contributed by atoms with Gasteiger partial charge in [0.15, 0.2) is 11.5 Å². The lowest BCUT2D eigenvalue weighted by molar-refractivity contribution is -0.124. The molecule has 0 bridgehead atoms. The lowest BCUT2D eigenvalue weighted by Crippen LogP contribution is -2.40. The number of carbonyl (C=O) groups is 1. The van der Waals surface area contributed by atoms with Crippen LogP contribution in [-0.4, -0.2) is 47.4 Å². The van der Waals surface area contributed by atoms with Crippen LogP contribution in [0.3, 0.4) is 0 Å². The monoisotopic (exact) mass is 604 g/mol. The van der Waals surface area contributed by atoms with Crippen molar-refractivity contribution < 1.29 is 24.2 Å². The molecule has 4 N–H and O–H groups in total. The van der Waals surface area contributed by atoms with E-state index in [0.29, 0.717) is 41.2 Å². The van der Waals surface area contributed by atoms with E-state index >= 15 is 0 Å². The fourth-order valence-electron chi connectivity index (χ4n) is 5.40. The van der Waals surface area contributed by atoms with Gasteiger partial charge in [-0.1, -0.05) is 24.3 Å². The molecule has 0 saturated carbocycles. The van der Waals surface area contributed by atoms with Gasteiger partial charge in [-0.05, 0) is 72.0 Å². The summed E-state index contributed by atoms with van der Waals surface area (Å²) in [4.78, 5) is 18.0. The number of piperidine rings is 1. The molecule has 45 heavy (non-hydrogen) atoms. The van der Waals surface area contributed by atoms with E-state index in [1.807, 2.05) is 35.2 Å². The predicted molar refractivity (Wildman–Crippen MR) is 167 cm³/mol. The van der Waals surface area contributed by atoms with Crippen LogP contribution in [0.5, 0.6) is 11.5 Å². The van der Waals surface area contributed by atoms with E-state index in [0.717, 1.165) is 24.1 Å². The van der Waals surface area contributed by atoms with Crippen molar-refractivity contribution in [2.24, 2.45) is 0 Å². The first-order chi connectivity index (χ1) is 21.8. The summed E-state index contributed by atoms with van der Waals surface area (Å²) in [5.74, 6) is -0.672. The average molecular weight is 605 g/mol. The van der Waals surface area contributed by atoms with Crippen LogP contribution in [-0.2, 0) is 4.79 Å². The third-order valence-corrected chi connectivity index (χ3v) is 7.63. The smallest absolute Gasteiger partial charge is 0.267 e. The number of nitriles is 2. The number of ether oxygens (including phenoxy) is 1. The number of halogens is 1. The molecule has 0 spiro atoms. The van der Waals surface area contributed by atoms with E-state index in [2.05, 4.69) is 11.4 Å². The normalized spacial score (nSPS) is 13.2. The Hall–Kier alpha value is -5.91. The van der Waals surface area contributed by atoms with Gasteiger partial charge in [-0.25, -0.2) is 14.9 Å². The van der Waals surface area contributed by atoms with E-state index in [1.165, 1.54) is 31.4 Å². The number of methoxy groups -OCH3 is 1. The maximum absolute atomic E-state index is 14.8. The highest BCUT2D eigenvalue weighted by molar-refractivity contribution is 5.91. The molecule has 2 heterocycles. The number of aromatic nitrogens is 1. The van der Waals surface area contributed by atoms with Crippen LogP contribution in [0.25, 0.3) is 28.3 Å². The second-order valence-electron chi connectivity index (χ2n) is 10.4. The number of hydrogen-bond donors (Lipinski definition) is 4. The number of hydroxylamine groups is 1. The number of phenolic OH excluding ortho intramolecular Hbond substituents is 1. The van der Waals surface area contributed by atoms with Crippen LogP contribution < -0.4 is 20.4 Å². The lowest BCUT2D eigenvalue weighted by Gasteiger charge is -2.34. The third kappa shape index (κ3) is 6.69. The minimum atomic E-state index is -0.705. The highest BCUT2D eigenvalue weighted by Gasteiger charge is 2.26. The Bertz CT molecular complexity index is 1850. The largest absolute Gasteiger partial charge is 0.504 e. The van der Waals surface area contributed by atoms with Crippen LogP contribution in [0, 0.1) is 28.5 Å². The molecule has 0 unspecified atom stereocenters. The van der Waals surface area contributed by atoms with Crippen molar-refractivity contribution in [3.05, 3.63) is 95.4 Å². The highest BCUT2D eigenvalue weighted by atomic mass is 19.1. The van der Waals surface area contributed by atoms with Crippen LogP contribution in [0.15, 0.2) is 72.9 Å². The van der Waals surface area contributed by atoms with Gasteiger partial charge < -0.3 is 20.1 Å². The first-order valence-corrected chi connectivity index (χ1v) is 14.1. The summed E-state index contributed by atoms with van der Waals surface area (Å²) in [6, 6.07) is 20.9. The molecule has 0 radical (unpaired) electrons. The Morgan fingerprint density at radius 2 is 1.87 bits per heavy atom. The molecule has 1 amide bonds. The van der Waals surface area contributed by atoms with Crippen LogP contribution in [0.1, 0.15) is 29.5 Å². The number of amides is 1. The SMILES string of the molecule is COc1ccc(-c2cnc(N3CCC(Nc4cccc(/C=C/C(=O)NO)c4)CC3)c(C#N)c2-c2ccc(C#N)c(F)c2)cc1O. The molecule has 1 saturated heterocycles. The number of hydrogen-bond acceptors (Lipinski definition) is 9. The van der Waals surface area contributed by atoms with E-state index < -0.39 is 11.7 Å². The molecule has 0 atom stereocenters. The summed E-state index contributed by atoms with van der Waals surface area (Å²) >= 11 is 0. The third-order valence-electron chi connectivity index (χ3n) is 7.63. The highest BCUT2D eigenvalue weighted by Crippen LogP contribution is 2.41. The number of anilines is 2. The number of aromatic hydroxyl groups is 1. The molecular weight excluding hydrogens is 575 g/mol. The average Bonchev–Trinajstić information content (AvgIpc) is 3.07. The summed E-state index contributed by atoms with van der Waals surface area (Å²) in [5, 5.41) is 42.4. The van der Waals surface area contributed by atoms with E-state index in [4.69, 9.17) is 14.9 Å². The Labute approximate surface area is 259 Å². The molecular formula is C34H29FN6O4. The zero-order valence-corrected chi connectivity index (χ0v) is 24.3. The summed E-state index contributed by atoms with van der Waals surface area (Å²) in [6.45, 7) is 1.19. The fraction of sp³-hybridized carbons (Fsp3) is 0.176. The molecule has 226 valence electrons. The molecule has 1 fully saturated rings. The van der Waals surface area contributed by atoms with Gasteiger partial charge in [0.2, 0.25) is 0 Å². The fourth-order valence-corrected chi connectivity index (χ4v) is 5.40. The number of pyridine rings is 1. The van der Waals surface area contributed by atoms with Gasteiger partial charge in [-0.15, -0.1) is 0 Å². The second kappa shape index (κ2) is 13.6. The van der Waals surface area contributed by atoms with Gasteiger partial charge in [0, 0.05) is 48.2 Å². The summed E-state index contributed by atoms with van der Waals surface area (Å²) in [5.41, 5.74) is 5.30. The van der Waals surface area contributed by atoms with E-state index in [9.17, 15) is 24.8 Å². The molecule has 3 aromatic carbocycles. The first kappa shape index (κ1) is 30.5. The van der Waals surface area contributed by atoms with Crippen LogP contribution in [0.2, 0.25) is 0 Å².